The number of carbonyl (C=O) groups is 2. The molecule has 11 heteroatoms. The van der Waals surface area contributed by atoms with E-state index in [-0.39, 0.29) is 16.5 Å². The molecule has 3 N–H and O–H groups in total. The Hall–Kier alpha value is -2.56. The number of halogens is 3. The Morgan fingerprint density at radius 3 is 2.32 bits per heavy atom. The number of ether oxygens (including phenoxy) is 1. The zero-order valence-electron chi connectivity index (χ0n) is 14.2. The fourth-order valence-corrected chi connectivity index (χ4v) is 2.87. The van der Waals surface area contributed by atoms with E-state index in [2.05, 4.69) is 5.32 Å². The summed E-state index contributed by atoms with van der Waals surface area (Å²) in [6.45, 7) is -0.449. The Bertz CT molecular complexity index is 997. The zero-order valence-corrected chi connectivity index (χ0v) is 15.8. The van der Waals surface area contributed by atoms with Crippen LogP contribution in [-0.2, 0) is 26.0 Å². The molecule has 0 unspecified atom stereocenters. The Morgan fingerprint density at radius 1 is 1.11 bits per heavy atom. The van der Waals surface area contributed by atoms with Crippen LogP contribution < -0.4 is 10.5 Å². The average Bonchev–Trinajstić information content (AvgIpc) is 2.62. The maximum Gasteiger partial charge on any atom is 0.340 e. The van der Waals surface area contributed by atoms with Gasteiger partial charge in [0, 0.05) is 6.54 Å². The summed E-state index contributed by atoms with van der Waals surface area (Å²) in [6, 6.07) is 7.02. The summed E-state index contributed by atoms with van der Waals surface area (Å²) < 4.78 is 53.2. The number of nitrogens with one attached hydrogen (secondary N) is 1. The van der Waals surface area contributed by atoms with E-state index in [0.29, 0.717) is 18.6 Å². The third-order valence-corrected chi connectivity index (χ3v) is 4.79. The van der Waals surface area contributed by atoms with E-state index in [0.717, 1.165) is 5.56 Å². The molecule has 0 saturated heterocycles. The Labute approximate surface area is 164 Å². The topological polar surface area (TPSA) is 116 Å². The molecule has 0 saturated carbocycles. The minimum absolute atomic E-state index is 0.0249. The Balaban J connectivity index is 1.80. The molecule has 2 aromatic carbocycles. The molecule has 7 nitrogen and oxygen atoms in total. The van der Waals surface area contributed by atoms with Crippen molar-refractivity contribution < 1.29 is 31.5 Å². The molecule has 0 fully saturated rings. The van der Waals surface area contributed by atoms with Gasteiger partial charge in [0.25, 0.3) is 5.91 Å². The summed E-state index contributed by atoms with van der Waals surface area (Å²) in [4.78, 5) is 23.5. The number of benzene rings is 2. The van der Waals surface area contributed by atoms with E-state index in [1.54, 1.807) is 12.1 Å². The predicted molar refractivity (Wildman–Crippen MR) is 96.2 cm³/mol. The van der Waals surface area contributed by atoms with Crippen LogP contribution in [0.5, 0.6) is 0 Å². The fourth-order valence-electron chi connectivity index (χ4n) is 2.13. The summed E-state index contributed by atoms with van der Waals surface area (Å²) in [5.74, 6) is -4.17. The monoisotopic (exact) mass is 432 g/mol. The molecule has 0 heterocycles. The third kappa shape index (κ3) is 5.98. The van der Waals surface area contributed by atoms with Crippen molar-refractivity contribution in [3.8, 4) is 0 Å². The van der Waals surface area contributed by atoms with Crippen LogP contribution in [0.25, 0.3) is 0 Å². The van der Waals surface area contributed by atoms with Gasteiger partial charge < -0.3 is 10.1 Å². The quantitative estimate of drug-likeness (QED) is 0.511. The van der Waals surface area contributed by atoms with Crippen molar-refractivity contribution >= 4 is 33.5 Å². The lowest BCUT2D eigenvalue weighted by Crippen LogP contribution is -2.30. The Morgan fingerprint density at radius 2 is 1.71 bits per heavy atom. The molecular formula is C17H15ClF2N2O5S. The van der Waals surface area contributed by atoms with E-state index < -0.39 is 45.7 Å². The lowest BCUT2D eigenvalue weighted by molar-refractivity contribution is -0.124. The van der Waals surface area contributed by atoms with Crippen LogP contribution in [0.4, 0.5) is 8.78 Å². The number of nitrogens with two attached hydrogens (primary N) is 1. The highest BCUT2D eigenvalue weighted by Gasteiger charge is 2.17. The summed E-state index contributed by atoms with van der Waals surface area (Å²) in [7, 11) is -3.77. The van der Waals surface area contributed by atoms with Crippen LogP contribution in [-0.4, -0.2) is 33.4 Å². The second-order valence-electron chi connectivity index (χ2n) is 5.61. The van der Waals surface area contributed by atoms with Gasteiger partial charge in [-0.2, -0.15) is 0 Å². The first-order valence-corrected chi connectivity index (χ1v) is 9.70. The minimum Gasteiger partial charge on any atom is -0.452 e. The number of sulfonamides is 1. The molecule has 150 valence electrons. The van der Waals surface area contributed by atoms with Gasteiger partial charge in [-0.1, -0.05) is 23.7 Å². The summed E-state index contributed by atoms with van der Waals surface area (Å²) in [5.41, 5.74) is 0.349. The lowest BCUT2D eigenvalue weighted by Gasteiger charge is -2.08. The molecule has 1 amide bonds. The number of hydrogen-bond acceptors (Lipinski definition) is 5. The van der Waals surface area contributed by atoms with Gasteiger partial charge in [-0.15, -0.1) is 0 Å². The van der Waals surface area contributed by atoms with Crippen molar-refractivity contribution in [1.82, 2.24) is 5.32 Å². The molecule has 28 heavy (non-hydrogen) atoms. The van der Waals surface area contributed by atoms with Gasteiger partial charge >= 0.3 is 5.97 Å². The van der Waals surface area contributed by atoms with Gasteiger partial charge in [-0.05, 0) is 36.2 Å². The molecule has 0 atom stereocenters. The minimum atomic E-state index is -3.77. The lowest BCUT2D eigenvalue weighted by atomic mass is 10.1. The first kappa shape index (κ1) is 21.7. The van der Waals surface area contributed by atoms with Gasteiger partial charge in [0.05, 0.1) is 15.5 Å². The number of hydrogen-bond donors (Lipinski definition) is 2. The highest BCUT2D eigenvalue weighted by atomic mass is 35.5. The molecule has 0 aliphatic carbocycles. The van der Waals surface area contributed by atoms with E-state index >= 15 is 0 Å². The van der Waals surface area contributed by atoms with Crippen molar-refractivity contribution in [2.24, 2.45) is 5.14 Å². The summed E-state index contributed by atoms with van der Waals surface area (Å²) >= 11 is 5.65. The van der Waals surface area contributed by atoms with Crippen molar-refractivity contribution in [2.45, 2.75) is 11.3 Å². The van der Waals surface area contributed by atoms with Crippen molar-refractivity contribution in [3.63, 3.8) is 0 Å². The highest BCUT2D eigenvalue weighted by Crippen LogP contribution is 2.20. The first-order chi connectivity index (χ1) is 13.1. The molecule has 2 rings (SSSR count). The van der Waals surface area contributed by atoms with Crippen LogP contribution >= 0.6 is 11.6 Å². The number of esters is 1. The van der Waals surface area contributed by atoms with Gasteiger partial charge in [0.1, 0.15) is 0 Å². The normalized spacial score (nSPS) is 11.1. The van der Waals surface area contributed by atoms with Crippen LogP contribution in [0.15, 0.2) is 41.3 Å². The zero-order chi connectivity index (χ0) is 20.9. The third-order valence-electron chi connectivity index (χ3n) is 3.55. The van der Waals surface area contributed by atoms with Crippen LogP contribution in [0.2, 0.25) is 5.02 Å². The van der Waals surface area contributed by atoms with Crippen molar-refractivity contribution in [3.05, 3.63) is 64.2 Å². The predicted octanol–water partition coefficient (Wildman–Crippen LogP) is 1.78. The average molecular weight is 433 g/mol. The largest absolute Gasteiger partial charge is 0.452 e. The van der Waals surface area contributed by atoms with Gasteiger partial charge in [0.2, 0.25) is 10.0 Å². The number of primary sulfonamides is 1. The number of carbonyl (C=O) groups excluding carboxylic acids is 2. The SMILES string of the molecule is NS(=O)(=O)c1ccc(CCNC(=O)COC(=O)c2cc(F)c(F)cc2Cl)cc1. The highest BCUT2D eigenvalue weighted by molar-refractivity contribution is 7.89. The first-order valence-electron chi connectivity index (χ1n) is 7.78. The fraction of sp³-hybridized carbons (Fsp3) is 0.176. The molecule has 2 aromatic rings. The van der Waals surface area contributed by atoms with E-state index in [1.165, 1.54) is 12.1 Å². The number of amides is 1. The molecule has 0 radical (unpaired) electrons. The molecule has 0 bridgehead atoms. The molecule has 0 aromatic heterocycles. The second-order valence-corrected chi connectivity index (χ2v) is 7.58. The molecule has 0 aliphatic rings. The summed E-state index contributed by atoms with van der Waals surface area (Å²) in [5, 5.41) is 7.15. The van der Waals surface area contributed by atoms with Crippen LogP contribution in [0.3, 0.4) is 0 Å². The maximum absolute atomic E-state index is 13.2. The van der Waals surface area contributed by atoms with Crippen LogP contribution in [0, 0.1) is 11.6 Å². The maximum atomic E-state index is 13.2. The van der Waals surface area contributed by atoms with Crippen molar-refractivity contribution in [2.75, 3.05) is 13.2 Å². The number of rotatable bonds is 7. The molecular weight excluding hydrogens is 418 g/mol. The van der Waals surface area contributed by atoms with E-state index in [4.69, 9.17) is 21.5 Å². The summed E-state index contributed by atoms with van der Waals surface area (Å²) in [6.07, 6.45) is 0.388. The van der Waals surface area contributed by atoms with Gasteiger partial charge in [-0.25, -0.2) is 27.1 Å². The van der Waals surface area contributed by atoms with Gasteiger partial charge in [0.15, 0.2) is 18.2 Å². The standard InChI is InChI=1S/C17H15ClF2N2O5S/c18-13-8-15(20)14(19)7-12(13)17(24)27-9-16(23)22-6-5-10-1-3-11(4-2-10)28(21,25)26/h1-4,7-8H,5-6,9H2,(H,22,23)(H2,21,25,26). The Kier molecular flexibility index (Phi) is 7.05. The smallest absolute Gasteiger partial charge is 0.340 e. The van der Waals surface area contributed by atoms with E-state index in [1.807, 2.05) is 0 Å². The molecule has 0 aliphatic heterocycles. The molecule has 0 spiro atoms. The van der Waals surface area contributed by atoms with Crippen LogP contribution in [0.1, 0.15) is 15.9 Å². The van der Waals surface area contributed by atoms with E-state index in [9.17, 15) is 26.8 Å². The second kappa shape index (κ2) is 9.09. The van der Waals surface area contributed by atoms with Crippen molar-refractivity contribution in [1.29, 1.82) is 0 Å². The van der Waals surface area contributed by atoms with Gasteiger partial charge in [-0.3, -0.25) is 4.79 Å².